The number of methoxy groups -OCH3 is 1. The van der Waals surface area contributed by atoms with E-state index in [4.69, 9.17) is 8.92 Å². The van der Waals surface area contributed by atoms with Crippen LogP contribution in [-0.4, -0.2) is 72.6 Å². The van der Waals surface area contributed by atoms with Crippen LogP contribution >= 0.6 is 0 Å². The summed E-state index contributed by atoms with van der Waals surface area (Å²) < 4.78 is 107. The number of aryl methyl sites for hydroxylation is 1. The van der Waals surface area contributed by atoms with Crippen LogP contribution in [0.1, 0.15) is 21.7 Å². The lowest BCUT2D eigenvalue weighted by atomic mass is 10.1. The highest BCUT2D eigenvalue weighted by atomic mass is 32.2. The van der Waals surface area contributed by atoms with Crippen LogP contribution in [0.25, 0.3) is 10.8 Å². The van der Waals surface area contributed by atoms with Crippen LogP contribution in [0, 0.1) is 6.92 Å². The minimum absolute atomic E-state index is 0.0283. The fourth-order valence-electron chi connectivity index (χ4n) is 5.39. The van der Waals surface area contributed by atoms with E-state index in [0.29, 0.717) is 17.3 Å². The highest BCUT2D eigenvalue weighted by Crippen LogP contribution is 2.47. The van der Waals surface area contributed by atoms with E-state index in [9.17, 15) is 49.4 Å². The molecule has 20 nitrogen and oxygen atoms in total. The maximum absolute atomic E-state index is 13.1. The predicted octanol–water partition coefficient (Wildman–Crippen LogP) is 6.05. The van der Waals surface area contributed by atoms with Crippen molar-refractivity contribution in [3.63, 3.8) is 0 Å². The molecule has 0 aliphatic heterocycles. The number of aromatic carboxylic acids is 1. The Bertz CT molecular complexity index is 2950. The lowest BCUT2D eigenvalue weighted by Gasteiger charge is -2.16. The third-order valence-electron chi connectivity index (χ3n) is 8.03. The smallest absolute Gasteiger partial charge is 0.335 e. The number of hydrogen-bond acceptors (Lipinski definition) is 17. The summed E-state index contributed by atoms with van der Waals surface area (Å²) in [6.45, 7) is 1.20. The second-order valence-electron chi connectivity index (χ2n) is 12.0. The number of nitrogens with one attached hydrogen (secondary N) is 2. The molecule has 6 aromatic rings. The van der Waals surface area contributed by atoms with Crippen LogP contribution in [0.2, 0.25) is 0 Å². The summed E-state index contributed by atoms with van der Waals surface area (Å²) in [7, 11) is -13.7. The number of fused-ring (bicyclic) bond motifs is 1. The predicted molar refractivity (Wildman–Crippen MR) is 205 cm³/mol. The van der Waals surface area contributed by atoms with Gasteiger partial charge in [0.25, 0.3) is 30.4 Å². The van der Waals surface area contributed by atoms with E-state index < -0.39 is 73.2 Å². The molecule has 0 aliphatic carbocycles. The summed E-state index contributed by atoms with van der Waals surface area (Å²) in [6, 6.07) is 20.0. The zero-order valence-corrected chi connectivity index (χ0v) is 32.2. The summed E-state index contributed by atoms with van der Waals surface area (Å²) in [5.41, 5.74) is -0.449. The van der Waals surface area contributed by atoms with E-state index in [0.717, 1.165) is 24.3 Å². The van der Waals surface area contributed by atoms with Crippen LogP contribution in [0.3, 0.4) is 0 Å². The molecule has 0 atom stereocenters. The first-order valence-electron chi connectivity index (χ1n) is 16.2. The molecular weight excluding hydrogens is 823 g/mol. The Morgan fingerprint density at radius 2 is 1.43 bits per heavy atom. The number of nitrogens with zero attached hydrogens (tertiary/aromatic N) is 5. The minimum atomic E-state index is -5.35. The van der Waals surface area contributed by atoms with Gasteiger partial charge in [0.1, 0.15) is 32.7 Å². The Kier molecular flexibility index (Phi) is 11.4. The number of phenolic OH excluding ortho intramolecular Hbond substituents is 1. The number of aromatic hydroxyl groups is 1. The van der Waals surface area contributed by atoms with E-state index in [2.05, 4.69) is 35.8 Å². The average Bonchev–Trinajstić information content (AvgIpc) is 3.16. The van der Waals surface area contributed by atoms with Crippen LogP contribution in [0.5, 0.6) is 11.5 Å². The van der Waals surface area contributed by atoms with Gasteiger partial charge in [-0.05, 0) is 73.2 Å². The third-order valence-corrected chi connectivity index (χ3v) is 11.1. The van der Waals surface area contributed by atoms with Crippen molar-refractivity contribution in [2.75, 3.05) is 17.7 Å². The molecule has 0 spiro atoms. The van der Waals surface area contributed by atoms with Crippen LogP contribution in [0.15, 0.2) is 116 Å². The lowest BCUT2D eigenvalue weighted by Crippen LogP contribution is -2.07. The number of azo groups is 1. The molecule has 300 valence electrons. The number of rotatable bonds is 14. The van der Waals surface area contributed by atoms with Crippen molar-refractivity contribution in [3.8, 4) is 11.5 Å². The topological polar surface area (TPSA) is 306 Å². The highest BCUT2D eigenvalue weighted by molar-refractivity contribution is 7.87. The van der Waals surface area contributed by atoms with Crippen molar-refractivity contribution in [2.24, 2.45) is 10.2 Å². The molecular formula is C35H29N7O13S3. The molecule has 0 amide bonds. The molecule has 6 rings (SSSR count). The summed E-state index contributed by atoms with van der Waals surface area (Å²) in [5, 5.41) is 33.2. The van der Waals surface area contributed by atoms with Crippen molar-refractivity contribution in [3.05, 3.63) is 108 Å². The largest absolute Gasteiger partial charge is 0.505 e. The zero-order valence-electron chi connectivity index (χ0n) is 29.8. The second kappa shape index (κ2) is 16.1. The number of aromatic nitrogens is 3. The normalized spacial score (nSPS) is 12.1. The number of carboxylic acids is 1. The van der Waals surface area contributed by atoms with Crippen molar-refractivity contribution in [1.82, 2.24) is 15.0 Å². The lowest BCUT2D eigenvalue weighted by molar-refractivity contribution is 0.0696. The molecule has 0 unspecified atom stereocenters. The van der Waals surface area contributed by atoms with Gasteiger partial charge in [0.15, 0.2) is 5.75 Å². The molecule has 6 N–H and O–H groups in total. The molecule has 0 fully saturated rings. The number of phenols is 1. The van der Waals surface area contributed by atoms with Crippen molar-refractivity contribution >= 4 is 81.7 Å². The van der Waals surface area contributed by atoms with Crippen LogP contribution in [0.4, 0.5) is 34.6 Å². The van der Waals surface area contributed by atoms with E-state index in [1.54, 1.807) is 30.3 Å². The van der Waals surface area contributed by atoms with Crippen molar-refractivity contribution < 1.29 is 58.3 Å². The number of carboxylic acid groups (broad SMARTS) is 1. The van der Waals surface area contributed by atoms with Gasteiger partial charge < -0.3 is 25.6 Å². The molecule has 0 bridgehead atoms. The quantitative estimate of drug-likeness (QED) is 0.0413. The SMILES string of the molecule is COc1ccc(S(=O)(=O)OCc2ccccc2)cc1N=Nc1c(S(=O)(=O)O)cc2c(S(=O)(=O)O)ccc(Nc3nc(C)nc(Nc4ccc(C(=O)O)cc4)n3)c2c1O. The van der Waals surface area contributed by atoms with Gasteiger partial charge in [-0.3, -0.25) is 13.3 Å². The fraction of sp³-hybridized carbons (Fsp3) is 0.0857. The van der Waals surface area contributed by atoms with Gasteiger partial charge in [0.2, 0.25) is 11.9 Å². The maximum Gasteiger partial charge on any atom is 0.335 e. The second-order valence-corrected chi connectivity index (χ2v) is 16.3. The maximum atomic E-state index is 13.1. The van der Waals surface area contributed by atoms with Gasteiger partial charge in [0.05, 0.1) is 35.2 Å². The number of anilines is 4. The molecule has 1 aromatic heterocycles. The van der Waals surface area contributed by atoms with Gasteiger partial charge in [0, 0.05) is 11.1 Å². The van der Waals surface area contributed by atoms with Crippen LogP contribution in [-0.2, 0) is 41.1 Å². The Hall–Kier alpha value is -6.63. The molecule has 0 saturated carbocycles. The third kappa shape index (κ3) is 9.15. The average molecular weight is 852 g/mol. The summed E-state index contributed by atoms with van der Waals surface area (Å²) in [5.74, 6) is -2.37. The number of hydrogen-bond donors (Lipinski definition) is 6. The molecule has 23 heteroatoms. The van der Waals surface area contributed by atoms with Crippen molar-refractivity contribution in [2.45, 2.75) is 28.2 Å². The first kappa shape index (κ1) is 41.0. The summed E-state index contributed by atoms with van der Waals surface area (Å²) >= 11 is 0. The van der Waals surface area contributed by atoms with E-state index >= 15 is 0 Å². The van der Waals surface area contributed by atoms with Gasteiger partial charge in [-0.25, -0.2) is 4.79 Å². The van der Waals surface area contributed by atoms with Gasteiger partial charge >= 0.3 is 5.97 Å². The van der Waals surface area contributed by atoms with Gasteiger partial charge in [-0.1, -0.05) is 30.3 Å². The number of carbonyl (C=O) groups is 1. The molecule has 5 aromatic carbocycles. The van der Waals surface area contributed by atoms with Crippen LogP contribution < -0.4 is 15.4 Å². The number of benzene rings is 5. The highest BCUT2D eigenvalue weighted by Gasteiger charge is 2.28. The van der Waals surface area contributed by atoms with Gasteiger partial charge in [-0.2, -0.15) is 40.2 Å². The molecule has 58 heavy (non-hydrogen) atoms. The van der Waals surface area contributed by atoms with E-state index in [1.165, 1.54) is 44.4 Å². The minimum Gasteiger partial charge on any atom is -0.505 e. The van der Waals surface area contributed by atoms with E-state index in [1.807, 2.05) is 0 Å². The fourth-order valence-corrected chi connectivity index (χ4v) is 7.64. The first-order valence-corrected chi connectivity index (χ1v) is 20.5. The van der Waals surface area contributed by atoms with Crippen molar-refractivity contribution in [1.29, 1.82) is 0 Å². The standard InChI is InChI=1S/C35H29N7O13S3/c1-19-36-34(38-22-10-8-21(9-11-22)33(44)45)40-35(37-19)39-25-13-15-28(56(46,47)48)24-17-29(57(49,50)51)31(32(43)30(24)25)42-41-26-16-23(12-14-27(26)54-2)58(52,53)55-18-20-6-4-3-5-7-20/h3-17,43H,18H2,1-2H3,(H,44,45)(H,46,47,48)(H,49,50,51)(H2,36,37,38,39,40). The Morgan fingerprint density at radius 3 is 2.05 bits per heavy atom. The Labute approximate surface area is 329 Å². The summed E-state index contributed by atoms with van der Waals surface area (Å²) in [6.07, 6.45) is 0. The first-order chi connectivity index (χ1) is 27.3. The zero-order chi connectivity index (χ0) is 42.0. The molecule has 1 heterocycles. The van der Waals surface area contributed by atoms with Gasteiger partial charge in [-0.15, -0.1) is 10.2 Å². The Balaban J connectivity index is 1.45. The summed E-state index contributed by atoms with van der Waals surface area (Å²) in [4.78, 5) is 21.4. The Morgan fingerprint density at radius 1 is 0.776 bits per heavy atom. The monoisotopic (exact) mass is 851 g/mol. The number of ether oxygens (including phenoxy) is 1. The molecule has 0 saturated heterocycles. The molecule has 0 radical (unpaired) electrons. The molecule has 0 aliphatic rings. The van der Waals surface area contributed by atoms with E-state index in [-0.39, 0.29) is 47.0 Å².